The Bertz CT molecular complexity index is 1200. The lowest BCUT2D eigenvalue weighted by Crippen LogP contribution is -2.30. The number of hydrogen-bond donors (Lipinski definition) is 1. The van der Waals surface area contributed by atoms with Crippen molar-refractivity contribution in [3.05, 3.63) is 88.9 Å². The number of aryl methyl sites for hydroxylation is 2. The first kappa shape index (κ1) is 20.9. The summed E-state index contributed by atoms with van der Waals surface area (Å²) < 4.78 is 4.31. The number of rotatable bonds is 7. The lowest BCUT2D eigenvalue weighted by Gasteiger charge is -2.14. The number of hydrogen-bond acceptors (Lipinski definition) is 2. The second kappa shape index (κ2) is 8.80. The number of nitrogens with one attached hydrogen (secondary N) is 1. The molecule has 0 saturated carbocycles. The molecule has 0 spiro atoms. The van der Waals surface area contributed by atoms with Crippen LogP contribution in [-0.2, 0) is 13.1 Å². The Hall–Kier alpha value is -3.34. The number of amides is 1. The molecule has 0 radical (unpaired) electrons. The highest BCUT2D eigenvalue weighted by Crippen LogP contribution is 2.27. The zero-order valence-electron chi connectivity index (χ0n) is 18.7. The number of benzene rings is 2. The number of carbonyl (C=O) groups excluding carboxylic acids is 1. The minimum Gasteiger partial charge on any atom is -0.352 e. The van der Waals surface area contributed by atoms with Crippen molar-refractivity contribution in [1.82, 2.24) is 19.7 Å². The van der Waals surface area contributed by atoms with Gasteiger partial charge in [-0.2, -0.15) is 5.10 Å². The minimum absolute atomic E-state index is 0.0289. The molecule has 0 bridgehead atoms. The highest BCUT2D eigenvalue weighted by Gasteiger charge is 2.15. The van der Waals surface area contributed by atoms with E-state index in [1.807, 2.05) is 42.1 Å². The van der Waals surface area contributed by atoms with Crippen LogP contribution in [0, 0.1) is 26.7 Å². The summed E-state index contributed by atoms with van der Waals surface area (Å²) in [6.45, 7) is 10.7. The highest BCUT2D eigenvalue weighted by molar-refractivity contribution is 5.99. The molecule has 1 N–H and O–H groups in total. The van der Waals surface area contributed by atoms with E-state index in [4.69, 9.17) is 0 Å². The number of nitrogens with zero attached hydrogens (tertiary/aromatic N) is 3. The smallest absolute Gasteiger partial charge is 0.251 e. The fourth-order valence-corrected chi connectivity index (χ4v) is 4.08. The predicted octanol–water partition coefficient (Wildman–Crippen LogP) is 4.88. The SMILES string of the molecule is Cc1c(C)n(Cc2ccccc2)c2ccc(C(=O)NC[C@H](C)Cn3nccc3C)cc12. The fraction of sp³-hybridized carbons (Fsp3) is 0.308. The van der Waals surface area contributed by atoms with Gasteiger partial charge in [-0.05, 0) is 62.1 Å². The fourth-order valence-electron chi connectivity index (χ4n) is 4.08. The van der Waals surface area contributed by atoms with Crippen LogP contribution in [0.4, 0.5) is 0 Å². The third kappa shape index (κ3) is 4.41. The Balaban J connectivity index is 1.49. The molecule has 1 amide bonds. The van der Waals surface area contributed by atoms with Crippen LogP contribution in [0.3, 0.4) is 0 Å². The molecule has 0 saturated heterocycles. The van der Waals surface area contributed by atoms with E-state index in [1.165, 1.54) is 16.8 Å². The molecule has 0 aliphatic carbocycles. The van der Waals surface area contributed by atoms with Gasteiger partial charge in [0.05, 0.1) is 0 Å². The first-order valence-electron chi connectivity index (χ1n) is 10.8. The van der Waals surface area contributed by atoms with Crippen molar-refractivity contribution in [2.75, 3.05) is 6.54 Å². The van der Waals surface area contributed by atoms with E-state index in [2.05, 4.69) is 66.1 Å². The molecule has 1 atom stereocenters. The molecule has 0 aliphatic heterocycles. The summed E-state index contributed by atoms with van der Waals surface area (Å²) in [5.74, 6) is 0.265. The maximum atomic E-state index is 12.8. The molecular weight excluding hydrogens is 384 g/mol. The van der Waals surface area contributed by atoms with Crippen molar-refractivity contribution in [1.29, 1.82) is 0 Å². The van der Waals surface area contributed by atoms with Gasteiger partial charge in [0, 0.05) is 53.7 Å². The molecule has 5 nitrogen and oxygen atoms in total. The van der Waals surface area contributed by atoms with Crippen LogP contribution in [0.5, 0.6) is 0 Å². The van der Waals surface area contributed by atoms with Gasteiger partial charge in [-0.1, -0.05) is 37.3 Å². The summed E-state index contributed by atoms with van der Waals surface area (Å²) in [6, 6.07) is 18.5. The summed E-state index contributed by atoms with van der Waals surface area (Å²) in [5, 5.41) is 8.56. The minimum atomic E-state index is -0.0289. The van der Waals surface area contributed by atoms with E-state index in [9.17, 15) is 4.79 Å². The molecule has 2 aromatic carbocycles. The Morgan fingerprint density at radius 3 is 2.55 bits per heavy atom. The highest BCUT2D eigenvalue weighted by atomic mass is 16.1. The molecule has 160 valence electrons. The number of aromatic nitrogens is 3. The van der Waals surface area contributed by atoms with E-state index in [1.54, 1.807) is 0 Å². The van der Waals surface area contributed by atoms with E-state index in [-0.39, 0.29) is 5.91 Å². The van der Waals surface area contributed by atoms with Crippen LogP contribution in [0.15, 0.2) is 60.8 Å². The van der Waals surface area contributed by atoms with Crippen molar-refractivity contribution in [3.63, 3.8) is 0 Å². The quantitative estimate of drug-likeness (QED) is 0.469. The maximum Gasteiger partial charge on any atom is 0.251 e. The van der Waals surface area contributed by atoms with Crippen molar-refractivity contribution in [3.8, 4) is 0 Å². The van der Waals surface area contributed by atoms with Crippen LogP contribution in [0.2, 0.25) is 0 Å². The van der Waals surface area contributed by atoms with Gasteiger partial charge < -0.3 is 9.88 Å². The van der Waals surface area contributed by atoms with E-state index < -0.39 is 0 Å². The van der Waals surface area contributed by atoms with E-state index >= 15 is 0 Å². The normalized spacial score (nSPS) is 12.3. The van der Waals surface area contributed by atoms with Gasteiger partial charge in [0.1, 0.15) is 0 Å². The molecular formula is C26H30N4O. The predicted molar refractivity (Wildman–Crippen MR) is 125 cm³/mol. The van der Waals surface area contributed by atoms with E-state index in [0.717, 1.165) is 29.7 Å². The Labute approximate surface area is 183 Å². The maximum absolute atomic E-state index is 12.8. The standard InChI is InChI=1S/C26H30N4O/c1-18(16-30-19(2)12-13-28-30)15-27-26(31)23-10-11-25-24(14-23)20(3)21(4)29(25)17-22-8-6-5-7-9-22/h5-14,18H,15-17H2,1-4H3,(H,27,31)/t18-/m0/s1. The van der Waals surface area contributed by atoms with Gasteiger partial charge in [0.25, 0.3) is 5.91 Å². The summed E-state index contributed by atoms with van der Waals surface area (Å²) in [6.07, 6.45) is 1.81. The summed E-state index contributed by atoms with van der Waals surface area (Å²) >= 11 is 0. The summed E-state index contributed by atoms with van der Waals surface area (Å²) in [7, 11) is 0. The lowest BCUT2D eigenvalue weighted by atomic mass is 10.1. The molecule has 0 aliphatic rings. The van der Waals surface area contributed by atoms with Crippen molar-refractivity contribution < 1.29 is 4.79 Å². The zero-order chi connectivity index (χ0) is 22.0. The summed E-state index contributed by atoms with van der Waals surface area (Å²) in [5.41, 5.74) is 6.73. The van der Waals surface area contributed by atoms with E-state index in [0.29, 0.717) is 18.0 Å². The molecule has 2 heterocycles. The largest absolute Gasteiger partial charge is 0.352 e. The van der Waals surface area contributed by atoms with Crippen molar-refractivity contribution >= 4 is 16.8 Å². The van der Waals surface area contributed by atoms with Gasteiger partial charge in [0.2, 0.25) is 0 Å². The monoisotopic (exact) mass is 414 g/mol. The lowest BCUT2D eigenvalue weighted by molar-refractivity contribution is 0.0946. The Morgan fingerprint density at radius 2 is 1.84 bits per heavy atom. The molecule has 4 rings (SSSR count). The first-order valence-corrected chi connectivity index (χ1v) is 10.8. The topological polar surface area (TPSA) is 51.9 Å². The summed E-state index contributed by atoms with van der Waals surface area (Å²) in [4.78, 5) is 12.8. The van der Waals surface area contributed by atoms with Crippen LogP contribution >= 0.6 is 0 Å². The average molecular weight is 415 g/mol. The van der Waals surface area contributed by atoms with Crippen LogP contribution in [-0.4, -0.2) is 26.8 Å². The van der Waals surface area contributed by atoms with Crippen LogP contribution in [0.25, 0.3) is 10.9 Å². The van der Waals surface area contributed by atoms with Gasteiger partial charge in [-0.15, -0.1) is 0 Å². The zero-order valence-corrected chi connectivity index (χ0v) is 18.7. The number of fused-ring (bicyclic) bond motifs is 1. The molecule has 5 heteroatoms. The van der Waals surface area contributed by atoms with Gasteiger partial charge in [-0.3, -0.25) is 9.48 Å². The van der Waals surface area contributed by atoms with Gasteiger partial charge in [-0.25, -0.2) is 0 Å². The molecule has 31 heavy (non-hydrogen) atoms. The Kier molecular flexibility index (Phi) is 5.94. The van der Waals surface area contributed by atoms with Crippen LogP contribution in [0.1, 0.15) is 39.8 Å². The second-order valence-electron chi connectivity index (χ2n) is 8.48. The van der Waals surface area contributed by atoms with Crippen molar-refractivity contribution in [2.45, 2.75) is 40.8 Å². The molecule has 0 fully saturated rings. The third-order valence-electron chi connectivity index (χ3n) is 6.11. The van der Waals surface area contributed by atoms with Gasteiger partial charge in [0.15, 0.2) is 0 Å². The average Bonchev–Trinajstić information content (AvgIpc) is 3.28. The third-order valence-corrected chi connectivity index (χ3v) is 6.11. The van der Waals surface area contributed by atoms with Crippen molar-refractivity contribution in [2.24, 2.45) is 5.92 Å². The second-order valence-corrected chi connectivity index (χ2v) is 8.48. The number of carbonyl (C=O) groups is 1. The molecule has 2 aromatic heterocycles. The Morgan fingerprint density at radius 1 is 1.06 bits per heavy atom. The molecule has 4 aromatic rings. The van der Waals surface area contributed by atoms with Gasteiger partial charge >= 0.3 is 0 Å². The first-order chi connectivity index (χ1) is 14.9. The van der Waals surface area contributed by atoms with Crippen LogP contribution < -0.4 is 5.32 Å². The molecule has 0 unspecified atom stereocenters.